The Morgan fingerprint density at radius 3 is 2.16 bits per heavy atom. The number of rotatable bonds is 3. The molecule has 0 heterocycles. The van der Waals surface area contributed by atoms with E-state index in [2.05, 4.69) is 63.1 Å². The summed E-state index contributed by atoms with van der Waals surface area (Å²) in [6.45, 7) is 11.2. The molecular weight excluding hydrogens is 349 g/mol. The lowest BCUT2D eigenvalue weighted by Gasteiger charge is -2.20. The number of aryl methyl sites for hydroxylation is 2. The Bertz CT molecular complexity index is 413. The van der Waals surface area contributed by atoms with Crippen molar-refractivity contribution < 1.29 is 0 Å². The molecule has 4 heteroatoms. The molecule has 19 heavy (non-hydrogen) atoms. The third-order valence-electron chi connectivity index (χ3n) is 2.47. The lowest BCUT2D eigenvalue weighted by Crippen LogP contribution is -2.45. The van der Waals surface area contributed by atoms with Crippen molar-refractivity contribution >= 4 is 29.9 Å². The van der Waals surface area contributed by atoms with Gasteiger partial charge in [-0.25, -0.2) is 0 Å². The molecule has 0 saturated heterocycles. The molecule has 0 saturated carbocycles. The summed E-state index contributed by atoms with van der Waals surface area (Å²) in [5, 5.41) is 3.16. The van der Waals surface area contributed by atoms with Crippen LogP contribution in [-0.4, -0.2) is 18.0 Å². The molecule has 1 aromatic rings. The summed E-state index contributed by atoms with van der Waals surface area (Å²) in [4.78, 5) is 4.35. The number of aliphatic imine (C=N–C) groups is 1. The molecule has 0 aliphatic heterocycles. The van der Waals surface area contributed by atoms with Gasteiger partial charge in [-0.2, -0.15) is 0 Å². The molecule has 0 atom stereocenters. The molecule has 0 fully saturated rings. The number of nitrogens with two attached hydrogens (primary N) is 1. The Morgan fingerprint density at radius 1 is 1.16 bits per heavy atom. The minimum atomic E-state index is -0.0342. The zero-order chi connectivity index (χ0) is 13.8. The summed E-state index contributed by atoms with van der Waals surface area (Å²) in [6.07, 6.45) is 0.926. The van der Waals surface area contributed by atoms with Crippen LogP contribution in [0, 0.1) is 13.8 Å². The topological polar surface area (TPSA) is 50.4 Å². The first-order valence-corrected chi connectivity index (χ1v) is 6.41. The third-order valence-corrected chi connectivity index (χ3v) is 2.47. The van der Waals surface area contributed by atoms with Crippen LogP contribution < -0.4 is 11.1 Å². The summed E-state index contributed by atoms with van der Waals surface area (Å²) >= 11 is 0. The van der Waals surface area contributed by atoms with E-state index < -0.39 is 0 Å². The highest BCUT2D eigenvalue weighted by atomic mass is 127. The smallest absolute Gasteiger partial charge is 0.188 e. The molecule has 3 N–H and O–H groups in total. The Morgan fingerprint density at radius 2 is 1.68 bits per heavy atom. The van der Waals surface area contributed by atoms with Crippen LogP contribution in [0.25, 0.3) is 0 Å². The van der Waals surface area contributed by atoms with E-state index in [9.17, 15) is 0 Å². The Kier molecular flexibility index (Phi) is 7.41. The van der Waals surface area contributed by atoms with Gasteiger partial charge in [-0.15, -0.1) is 24.0 Å². The van der Waals surface area contributed by atoms with E-state index in [0.717, 1.165) is 13.0 Å². The molecule has 0 spiro atoms. The second-order valence-corrected chi connectivity index (χ2v) is 5.89. The van der Waals surface area contributed by atoms with Crippen LogP contribution in [0.1, 0.15) is 37.5 Å². The van der Waals surface area contributed by atoms with E-state index in [4.69, 9.17) is 5.73 Å². The number of halogens is 1. The minimum Gasteiger partial charge on any atom is -0.370 e. The van der Waals surface area contributed by atoms with Gasteiger partial charge in [0, 0.05) is 12.1 Å². The lowest BCUT2D eigenvalue weighted by atomic mass is 10.1. The first kappa shape index (κ1) is 18.2. The largest absolute Gasteiger partial charge is 0.370 e. The lowest BCUT2D eigenvalue weighted by molar-refractivity contribution is 0.508. The molecule has 1 aromatic carbocycles. The fraction of sp³-hybridized carbons (Fsp3) is 0.533. The number of guanidine groups is 1. The molecule has 3 nitrogen and oxygen atoms in total. The van der Waals surface area contributed by atoms with Gasteiger partial charge in [-0.05, 0) is 46.6 Å². The number of nitrogens with zero attached hydrogens (tertiary/aromatic N) is 1. The van der Waals surface area contributed by atoms with Crippen LogP contribution in [0.3, 0.4) is 0 Å². The molecule has 0 bridgehead atoms. The van der Waals surface area contributed by atoms with Crippen LogP contribution in [0.15, 0.2) is 23.2 Å². The molecule has 0 aliphatic rings. The molecule has 0 amide bonds. The van der Waals surface area contributed by atoms with Crippen molar-refractivity contribution in [3.05, 3.63) is 34.9 Å². The van der Waals surface area contributed by atoms with Gasteiger partial charge in [0.2, 0.25) is 0 Å². The normalized spacial score (nSPS) is 11.9. The van der Waals surface area contributed by atoms with Gasteiger partial charge in [0.25, 0.3) is 0 Å². The second-order valence-electron chi connectivity index (χ2n) is 5.89. The summed E-state index contributed by atoms with van der Waals surface area (Å²) in [5.74, 6) is 0.520. The number of benzene rings is 1. The molecule has 0 unspecified atom stereocenters. The van der Waals surface area contributed by atoms with Gasteiger partial charge in [-0.1, -0.05) is 29.3 Å². The molecule has 108 valence electrons. The summed E-state index contributed by atoms with van der Waals surface area (Å²) in [7, 11) is 0. The van der Waals surface area contributed by atoms with Crippen molar-refractivity contribution in [1.29, 1.82) is 0 Å². The summed E-state index contributed by atoms with van der Waals surface area (Å²) in [6, 6.07) is 6.59. The van der Waals surface area contributed by atoms with Gasteiger partial charge in [0.15, 0.2) is 5.96 Å². The van der Waals surface area contributed by atoms with Gasteiger partial charge >= 0.3 is 0 Å². The number of hydrogen-bond donors (Lipinski definition) is 2. The minimum absolute atomic E-state index is 0. The maximum atomic E-state index is 5.82. The van der Waals surface area contributed by atoms with E-state index in [1.165, 1.54) is 16.7 Å². The van der Waals surface area contributed by atoms with Crippen molar-refractivity contribution in [2.24, 2.45) is 10.7 Å². The van der Waals surface area contributed by atoms with Crippen molar-refractivity contribution in [3.63, 3.8) is 0 Å². The second kappa shape index (κ2) is 7.72. The number of nitrogens with one attached hydrogen (secondary N) is 1. The average molecular weight is 375 g/mol. The molecule has 0 radical (unpaired) electrons. The van der Waals surface area contributed by atoms with Crippen molar-refractivity contribution in [3.8, 4) is 0 Å². The zero-order valence-corrected chi connectivity index (χ0v) is 14.9. The van der Waals surface area contributed by atoms with Crippen LogP contribution in [0.2, 0.25) is 0 Å². The molecule has 1 rings (SSSR count). The Labute approximate surface area is 134 Å². The zero-order valence-electron chi connectivity index (χ0n) is 12.6. The van der Waals surface area contributed by atoms with Crippen molar-refractivity contribution in [2.45, 2.75) is 46.6 Å². The van der Waals surface area contributed by atoms with Crippen LogP contribution in [0.5, 0.6) is 0 Å². The van der Waals surface area contributed by atoms with Gasteiger partial charge < -0.3 is 11.1 Å². The first-order chi connectivity index (χ1) is 8.26. The standard InChI is InChI=1S/C15H25N3.HI/c1-11-8-12(2)10-13(9-11)6-7-17-14(16)18-15(3,4)5;/h8-10H,6-7H2,1-5H3,(H3,16,17,18);1H. The SMILES string of the molecule is Cc1cc(C)cc(CCN=C(N)NC(C)(C)C)c1.I. The molecule has 0 aromatic heterocycles. The Balaban J connectivity index is 0.00000324. The van der Waals surface area contributed by atoms with E-state index in [0.29, 0.717) is 5.96 Å². The number of hydrogen-bond acceptors (Lipinski definition) is 1. The highest BCUT2D eigenvalue weighted by molar-refractivity contribution is 14.0. The fourth-order valence-corrected chi connectivity index (χ4v) is 1.94. The molecule has 0 aliphatic carbocycles. The van der Waals surface area contributed by atoms with Crippen LogP contribution >= 0.6 is 24.0 Å². The maximum Gasteiger partial charge on any atom is 0.188 e. The van der Waals surface area contributed by atoms with E-state index in [-0.39, 0.29) is 29.5 Å². The average Bonchev–Trinajstić information content (AvgIpc) is 2.12. The predicted octanol–water partition coefficient (Wildman–Crippen LogP) is 3.17. The van der Waals surface area contributed by atoms with Gasteiger partial charge in [0.1, 0.15) is 0 Å². The highest BCUT2D eigenvalue weighted by Gasteiger charge is 2.09. The Hall–Kier alpha value is -0.780. The van der Waals surface area contributed by atoms with Crippen molar-refractivity contribution in [2.75, 3.05) is 6.54 Å². The van der Waals surface area contributed by atoms with E-state index in [1.807, 2.05) is 0 Å². The maximum absolute atomic E-state index is 5.82. The van der Waals surface area contributed by atoms with Gasteiger partial charge in [-0.3, -0.25) is 4.99 Å². The summed E-state index contributed by atoms with van der Waals surface area (Å²) in [5.41, 5.74) is 9.71. The van der Waals surface area contributed by atoms with Crippen LogP contribution in [-0.2, 0) is 6.42 Å². The fourth-order valence-electron chi connectivity index (χ4n) is 1.94. The monoisotopic (exact) mass is 375 g/mol. The van der Waals surface area contributed by atoms with Crippen molar-refractivity contribution in [1.82, 2.24) is 5.32 Å². The molecular formula is C15H26IN3. The first-order valence-electron chi connectivity index (χ1n) is 6.41. The van der Waals surface area contributed by atoms with Crippen LogP contribution in [0.4, 0.5) is 0 Å². The quantitative estimate of drug-likeness (QED) is 0.485. The van der Waals surface area contributed by atoms with E-state index in [1.54, 1.807) is 0 Å². The van der Waals surface area contributed by atoms with E-state index >= 15 is 0 Å². The third kappa shape index (κ3) is 8.08. The summed E-state index contributed by atoms with van der Waals surface area (Å²) < 4.78 is 0. The van der Waals surface area contributed by atoms with Gasteiger partial charge in [0.05, 0.1) is 0 Å². The highest BCUT2D eigenvalue weighted by Crippen LogP contribution is 2.09. The predicted molar refractivity (Wildman–Crippen MR) is 94.4 cm³/mol.